The second kappa shape index (κ2) is 5.83. The number of carbonyl (C=O) groups is 1. The van der Waals surface area contributed by atoms with Crippen LogP contribution in [0.15, 0.2) is 22.7 Å². The molecule has 0 aliphatic carbocycles. The van der Waals surface area contributed by atoms with Crippen molar-refractivity contribution >= 4 is 31.7 Å². The molecule has 0 spiro atoms. The van der Waals surface area contributed by atoms with Crippen molar-refractivity contribution in [3.63, 3.8) is 0 Å². The maximum absolute atomic E-state index is 11.5. The van der Waals surface area contributed by atoms with Crippen LogP contribution in [0.3, 0.4) is 0 Å². The second-order valence-corrected chi connectivity index (χ2v) is 8.13. The molecule has 1 unspecified atom stereocenters. The largest absolute Gasteiger partial charge is 0.478 e. The maximum Gasteiger partial charge on any atom is 0.335 e. The van der Waals surface area contributed by atoms with Crippen LogP contribution < -0.4 is 0 Å². The van der Waals surface area contributed by atoms with E-state index in [1.807, 2.05) is 6.92 Å². The fraction of sp³-hybridized carbons (Fsp3) is 0.462. The Bertz CT molecular complexity index is 629. The molecule has 1 fully saturated rings. The standard InChI is InChI=1S/C13H16BrNO4S/c1-9-8-20(18,19)5-4-15(9)7-11-3-2-10(13(16)17)6-12(11)14/h2-3,6,9H,4-5,7-8H2,1H3,(H,16,17). The molecule has 1 heterocycles. The molecule has 0 aromatic heterocycles. The van der Waals surface area contributed by atoms with E-state index < -0.39 is 15.8 Å². The molecule has 1 aliphatic rings. The third-order valence-electron chi connectivity index (χ3n) is 3.48. The van der Waals surface area contributed by atoms with Crippen molar-refractivity contribution in [1.82, 2.24) is 4.90 Å². The summed E-state index contributed by atoms with van der Waals surface area (Å²) in [6, 6.07) is 4.87. The van der Waals surface area contributed by atoms with Gasteiger partial charge >= 0.3 is 5.97 Å². The molecule has 0 amide bonds. The summed E-state index contributed by atoms with van der Waals surface area (Å²) in [5.41, 5.74) is 1.19. The predicted molar refractivity (Wildman–Crippen MR) is 79.6 cm³/mol. The summed E-state index contributed by atoms with van der Waals surface area (Å²) in [5, 5.41) is 8.92. The number of nitrogens with zero attached hydrogens (tertiary/aromatic N) is 1. The van der Waals surface area contributed by atoms with Crippen LogP contribution in [-0.4, -0.2) is 48.5 Å². The highest BCUT2D eigenvalue weighted by Gasteiger charge is 2.28. The highest BCUT2D eigenvalue weighted by Crippen LogP contribution is 2.23. The number of halogens is 1. The zero-order valence-electron chi connectivity index (χ0n) is 11.0. The zero-order valence-corrected chi connectivity index (χ0v) is 13.4. The molecule has 0 saturated carbocycles. The number of sulfone groups is 1. The minimum absolute atomic E-state index is 0.0280. The lowest BCUT2D eigenvalue weighted by atomic mass is 10.1. The summed E-state index contributed by atoms with van der Waals surface area (Å²) < 4.78 is 23.8. The monoisotopic (exact) mass is 361 g/mol. The molecule has 1 atom stereocenters. The van der Waals surface area contributed by atoms with Gasteiger partial charge in [-0.05, 0) is 24.6 Å². The van der Waals surface area contributed by atoms with Gasteiger partial charge in [-0.25, -0.2) is 13.2 Å². The number of rotatable bonds is 3. The lowest BCUT2D eigenvalue weighted by Gasteiger charge is -2.33. The van der Waals surface area contributed by atoms with Crippen LogP contribution in [0.5, 0.6) is 0 Å². The first-order chi connectivity index (χ1) is 9.28. The number of carboxylic acids is 1. The van der Waals surface area contributed by atoms with Crippen molar-refractivity contribution in [3.8, 4) is 0 Å². The third-order valence-corrected chi connectivity index (χ3v) is 6.01. The van der Waals surface area contributed by atoms with E-state index in [2.05, 4.69) is 20.8 Å². The number of benzene rings is 1. The van der Waals surface area contributed by atoms with Gasteiger partial charge in [0, 0.05) is 23.6 Å². The Morgan fingerprint density at radius 2 is 2.20 bits per heavy atom. The minimum Gasteiger partial charge on any atom is -0.478 e. The number of carboxylic acid groups (broad SMARTS) is 1. The Labute approximate surface area is 126 Å². The summed E-state index contributed by atoms with van der Waals surface area (Å²) in [6.07, 6.45) is 0. The molecule has 5 nitrogen and oxygen atoms in total. The molecule has 0 radical (unpaired) electrons. The van der Waals surface area contributed by atoms with Crippen LogP contribution >= 0.6 is 15.9 Å². The SMILES string of the molecule is CC1CS(=O)(=O)CCN1Cc1ccc(C(=O)O)cc1Br. The van der Waals surface area contributed by atoms with Crippen LogP contribution in [-0.2, 0) is 16.4 Å². The van der Waals surface area contributed by atoms with Crippen molar-refractivity contribution in [3.05, 3.63) is 33.8 Å². The van der Waals surface area contributed by atoms with Gasteiger partial charge in [-0.3, -0.25) is 4.90 Å². The molecular formula is C13H16BrNO4S. The summed E-state index contributed by atoms with van der Waals surface area (Å²) >= 11 is 3.38. The molecule has 20 heavy (non-hydrogen) atoms. The van der Waals surface area contributed by atoms with E-state index in [0.717, 1.165) is 10.0 Å². The third kappa shape index (κ3) is 3.59. The van der Waals surface area contributed by atoms with Gasteiger partial charge in [0.2, 0.25) is 0 Å². The van der Waals surface area contributed by atoms with Gasteiger partial charge in [-0.1, -0.05) is 22.0 Å². The molecule has 110 valence electrons. The first kappa shape index (κ1) is 15.5. The number of hydrogen-bond acceptors (Lipinski definition) is 4. The molecule has 0 bridgehead atoms. The summed E-state index contributed by atoms with van der Waals surface area (Å²) in [4.78, 5) is 13.0. The average molecular weight is 362 g/mol. The average Bonchev–Trinajstić information content (AvgIpc) is 2.33. The van der Waals surface area contributed by atoms with Crippen molar-refractivity contribution in [1.29, 1.82) is 0 Å². The minimum atomic E-state index is -2.92. The zero-order chi connectivity index (χ0) is 14.9. The molecule has 1 aliphatic heterocycles. The Morgan fingerprint density at radius 3 is 2.75 bits per heavy atom. The first-order valence-corrected chi connectivity index (χ1v) is 8.86. The highest BCUT2D eigenvalue weighted by molar-refractivity contribution is 9.10. The van der Waals surface area contributed by atoms with Crippen molar-refractivity contribution in [2.75, 3.05) is 18.1 Å². The van der Waals surface area contributed by atoms with Crippen LogP contribution in [0.4, 0.5) is 0 Å². The van der Waals surface area contributed by atoms with E-state index in [1.165, 1.54) is 0 Å². The fourth-order valence-electron chi connectivity index (χ4n) is 2.30. The topological polar surface area (TPSA) is 74.7 Å². The van der Waals surface area contributed by atoms with Crippen molar-refractivity contribution in [2.45, 2.75) is 19.5 Å². The van der Waals surface area contributed by atoms with Gasteiger partial charge in [0.05, 0.1) is 17.1 Å². The molecule has 2 rings (SSSR count). The van der Waals surface area contributed by atoms with Crippen LogP contribution in [0.2, 0.25) is 0 Å². The van der Waals surface area contributed by atoms with Gasteiger partial charge in [-0.2, -0.15) is 0 Å². The number of aromatic carboxylic acids is 1. The maximum atomic E-state index is 11.5. The van der Waals surface area contributed by atoms with Crippen molar-refractivity contribution in [2.24, 2.45) is 0 Å². The van der Waals surface area contributed by atoms with Crippen LogP contribution in [0.25, 0.3) is 0 Å². The van der Waals surface area contributed by atoms with Crippen LogP contribution in [0.1, 0.15) is 22.8 Å². The lowest BCUT2D eigenvalue weighted by Crippen LogP contribution is -2.46. The van der Waals surface area contributed by atoms with Gasteiger partial charge in [0.1, 0.15) is 0 Å². The molecule has 1 aromatic carbocycles. The van der Waals surface area contributed by atoms with E-state index in [0.29, 0.717) is 13.1 Å². The number of hydrogen-bond donors (Lipinski definition) is 1. The Hall–Kier alpha value is -0.920. The van der Waals surface area contributed by atoms with E-state index >= 15 is 0 Å². The molecular weight excluding hydrogens is 346 g/mol. The normalized spacial score (nSPS) is 22.6. The second-order valence-electron chi connectivity index (χ2n) is 5.05. The van der Waals surface area contributed by atoms with Crippen molar-refractivity contribution < 1.29 is 18.3 Å². The quantitative estimate of drug-likeness (QED) is 0.887. The van der Waals surface area contributed by atoms with Gasteiger partial charge in [0.25, 0.3) is 0 Å². The van der Waals surface area contributed by atoms with Crippen LogP contribution in [0, 0.1) is 0 Å². The van der Waals surface area contributed by atoms with E-state index in [9.17, 15) is 13.2 Å². The Kier molecular flexibility index (Phi) is 4.51. The van der Waals surface area contributed by atoms with E-state index in [4.69, 9.17) is 5.11 Å². The Balaban J connectivity index is 2.13. The molecule has 1 saturated heterocycles. The highest BCUT2D eigenvalue weighted by atomic mass is 79.9. The molecule has 1 N–H and O–H groups in total. The van der Waals surface area contributed by atoms with Gasteiger partial charge in [0.15, 0.2) is 9.84 Å². The summed E-state index contributed by atoms with van der Waals surface area (Å²) in [7, 11) is -2.92. The molecule has 1 aromatic rings. The van der Waals surface area contributed by atoms with E-state index in [1.54, 1.807) is 18.2 Å². The van der Waals surface area contributed by atoms with Gasteiger partial charge in [-0.15, -0.1) is 0 Å². The first-order valence-electron chi connectivity index (χ1n) is 6.25. The van der Waals surface area contributed by atoms with E-state index in [-0.39, 0.29) is 23.1 Å². The Morgan fingerprint density at radius 1 is 1.50 bits per heavy atom. The molecule has 7 heteroatoms. The fourth-order valence-corrected chi connectivity index (χ4v) is 4.42. The smallest absolute Gasteiger partial charge is 0.335 e. The predicted octanol–water partition coefficient (Wildman–Crippen LogP) is 1.77. The lowest BCUT2D eigenvalue weighted by molar-refractivity contribution is 0.0696. The van der Waals surface area contributed by atoms with Gasteiger partial charge < -0.3 is 5.11 Å². The summed E-state index contributed by atoms with van der Waals surface area (Å²) in [6.45, 7) is 3.02. The summed E-state index contributed by atoms with van der Waals surface area (Å²) in [5.74, 6) is -0.602.